The summed E-state index contributed by atoms with van der Waals surface area (Å²) in [5.41, 5.74) is 6.86. The van der Waals surface area contributed by atoms with Gasteiger partial charge >= 0.3 is 11.7 Å². The molecule has 3 rings (SSSR count). The van der Waals surface area contributed by atoms with Crippen LogP contribution < -0.4 is 21.5 Å². The highest BCUT2D eigenvalue weighted by Crippen LogP contribution is 2.21. The largest absolute Gasteiger partial charge is 0.460 e. The number of hydrogen-bond donors (Lipinski definition) is 3. The van der Waals surface area contributed by atoms with Gasteiger partial charge in [-0.15, -0.1) is 0 Å². The van der Waals surface area contributed by atoms with Gasteiger partial charge in [-0.3, -0.25) is 4.57 Å². The van der Waals surface area contributed by atoms with Gasteiger partial charge in [0.25, 0.3) is 0 Å². The molecule has 3 heterocycles. The topological polar surface area (TPSA) is 111 Å². The minimum Gasteiger partial charge on any atom is -0.460 e. The first-order valence-electron chi connectivity index (χ1n) is 10.2. The van der Waals surface area contributed by atoms with E-state index in [1.165, 1.54) is 19.3 Å². The van der Waals surface area contributed by atoms with E-state index in [4.69, 9.17) is 10.5 Å². The van der Waals surface area contributed by atoms with Crippen LogP contribution in [0, 0.1) is 5.92 Å². The quantitative estimate of drug-likeness (QED) is 0.580. The predicted molar refractivity (Wildman–Crippen MR) is 107 cm³/mol. The second-order valence-electron chi connectivity index (χ2n) is 7.58. The molecule has 0 aliphatic carbocycles. The van der Waals surface area contributed by atoms with E-state index in [0.29, 0.717) is 17.7 Å². The fourth-order valence-corrected chi connectivity index (χ4v) is 3.81. The van der Waals surface area contributed by atoms with Gasteiger partial charge in [-0.25, -0.2) is 4.79 Å². The summed E-state index contributed by atoms with van der Waals surface area (Å²) in [6.07, 6.45) is 7.74. The molecule has 4 N–H and O–H groups in total. The van der Waals surface area contributed by atoms with E-state index >= 15 is 0 Å². The van der Waals surface area contributed by atoms with Crippen LogP contribution in [0.4, 0.5) is 5.82 Å². The standard InChI is InChI=1S/C19H32N6O2/c1-3-6-13(2)27-18-23-16(20)15-17(24-18)25(19(26)22-15)12-5-4-7-14-8-10-21-11-9-14/h13-14,21H,3-12H2,1-2H3,(H,22,26)(H2,20,23,24). The molecule has 8 nitrogen and oxygen atoms in total. The van der Waals surface area contributed by atoms with Crippen LogP contribution in [-0.4, -0.2) is 38.7 Å². The fourth-order valence-electron chi connectivity index (χ4n) is 3.81. The number of nitrogens with one attached hydrogen (secondary N) is 2. The first kappa shape index (κ1) is 19.7. The smallest absolute Gasteiger partial charge is 0.327 e. The average Bonchev–Trinajstić information content (AvgIpc) is 2.96. The maximum absolute atomic E-state index is 12.4. The van der Waals surface area contributed by atoms with Crippen molar-refractivity contribution in [3.8, 4) is 6.01 Å². The molecule has 0 saturated carbocycles. The lowest BCUT2D eigenvalue weighted by Crippen LogP contribution is -2.27. The van der Waals surface area contributed by atoms with Crippen molar-refractivity contribution < 1.29 is 4.74 Å². The van der Waals surface area contributed by atoms with Gasteiger partial charge in [-0.1, -0.05) is 26.2 Å². The number of nitrogens with two attached hydrogens (primary N) is 1. The molecular weight excluding hydrogens is 344 g/mol. The number of rotatable bonds is 9. The first-order valence-corrected chi connectivity index (χ1v) is 10.2. The van der Waals surface area contributed by atoms with Gasteiger partial charge in [-0.05, 0) is 51.6 Å². The maximum Gasteiger partial charge on any atom is 0.327 e. The summed E-state index contributed by atoms with van der Waals surface area (Å²) in [7, 11) is 0. The molecule has 1 aliphatic rings. The molecule has 0 amide bonds. The lowest BCUT2D eigenvalue weighted by molar-refractivity contribution is 0.193. The molecule has 2 aromatic rings. The van der Waals surface area contributed by atoms with E-state index in [0.717, 1.165) is 44.7 Å². The average molecular weight is 377 g/mol. The van der Waals surface area contributed by atoms with Crippen LogP contribution in [0.3, 0.4) is 0 Å². The molecule has 1 atom stereocenters. The zero-order valence-electron chi connectivity index (χ0n) is 16.5. The van der Waals surface area contributed by atoms with Crippen molar-refractivity contribution in [1.82, 2.24) is 24.8 Å². The van der Waals surface area contributed by atoms with Gasteiger partial charge in [-0.2, -0.15) is 9.97 Å². The normalized spacial score (nSPS) is 16.7. The number of hydrogen-bond acceptors (Lipinski definition) is 6. The molecule has 150 valence electrons. The molecule has 1 fully saturated rings. The molecular formula is C19H32N6O2. The molecule has 0 spiro atoms. The van der Waals surface area contributed by atoms with Crippen LogP contribution in [0.15, 0.2) is 4.79 Å². The van der Waals surface area contributed by atoms with Gasteiger partial charge < -0.3 is 20.8 Å². The number of H-pyrrole nitrogens is 1. The number of imidazole rings is 1. The molecule has 1 aliphatic heterocycles. The van der Waals surface area contributed by atoms with Crippen molar-refractivity contribution in [3.05, 3.63) is 10.5 Å². The Labute approximate surface area is 159 Å². The van der Waals surface area contributed by atoms with Crippen molar-refractivity contribution >= 4 is 17.0 Å². The third kappa shape index (κ3) is 5.00. The van der Waals surface area contributed by atoms with E-state index in [9.17, 15) is 4.79 Å². The number of nitrogens with zero attached hydrogens (tertiary/aromatic N) is 3. The number of anilines is 1. The number of fused-ring (bicyclic) bond motifs is 1. The lowest BCUT2D eigenvalue weighted by atomic mass is 9.92. The second-order valence-corrected chi connectivity index (χ2v) is 7.58. The van der Waals surface area contributed by atoms with Gasteiger partial charge in [0, 0.05) is 6.54 Å². The number of aryl methyl sites for hydroxylation is 1. The van der Waals surface area contributed by atoms with Crippen molar-refractivity contribution in [3.63, 3.8) is 0 Å². The van der Waals surface area contributed by atoms with Crippen LogP contribution >= 0.6 is 0 Å². The van der Waals surface area contributed by atoms with E-state index in [1.54, 1.807) is 4.57 Å². The summed E-state index contributed by atoms with van der Waals surface area (Å²) in [5.74, 6) is 1.06. The zero-order chi connectivity index (χ0) is 19.2. The van der Waals surface area contributed by atoms with Crippen LogP contribution in [-0.2, 0) is 6.54 Å². The summed E-state index contributed by atoms with van der Waals surface area (Å²) < 4.78 is 7.44. The number of aromatic nitrogens is 4. The van der Waals surface area contributed by atoms with Gasteiger partial charge in [0.1, 0.15) is 5.52 Å². The minimum absolute atomic E-state index is 0.0101. The van der Waals surface area contributed by atoms with Crippen molar-refractivity contribution in [2.75, 3.05) is 18.8 Å². The molecule has 2 aromatic heterocycles. The summed E-state index contributed by atoms with van der Waals surface area (Å²) >= 11 is 0. The summed E-state index contributed by atoms with van der Waals surface area (Å²) in [6.45, 7) is 6.97. The Kier molecular flexibility index (Phi) is 6.71. The Hall–Kier alpha value is -2.09. The van der Waals surface area contributed by atoms with Crippen molar-refractivity contribution in [1.29, 1.82) is 0 Å². The monoisotopic (exact) mass is 376 g/mol. The van der Waals surface area contributed by atoms with Gasteiger partial charge in [0.2, 0.25) is 0 Å². The maximum atomic E-state index is 12.4. The molecule has 0 bridgehead atoms. The first-order chi connectivity index (χ1) is 13.1. The predicted octanol–water partition coefficient (Wildman–Crippen LogP) is 2.44. The SMILES string of the molecule is CCCC(C)Oc1nc(N)c2[nH]c(=O)n(CCCCC3CCNCC3)c2n1. The second kappa shape index (κ2) is 9.21. The Morgan fingerprint density at radius 1 is 1.30 bits per heavy atom. The van der Waals surface area contributed by atoms with Gasteiger partial charge in [0.05, 0.1) is 6.10 Å². The third-order valence-corrected chi connectivity index (χ3v) is 5.33. The Morgan fingerprint density at radius 3 is 2.81 bits per heavy atom. The third-order valence-electron chi connectivity index (χ3n) is 5.33. The fraction of sp³-hybridized carbons (Fsp3) is 0.737. The van der Waals surface area contributed by atoms with Crippen molar-refractivity contribution in [2.24, 2.45) is 5.92 Å². The van der Waals surface area contributed by atoms with Crippen LogP contribution in [0.25, 0.3) is 11.2 Å². The van der Waals surface area contributed by atoms with E-state index in [2.05, 4.69) is 27.2 Å². The van der Waals surface area contributed by atoms with E-state index in [-0.39, 0.29) is 23.6 Å². The van der Waals surface area contributed by atoms with E-state index < -0.39 is 0 Å². The Morgan fingerprint density at radius 2 is 2.07 bits per heavy atom. The number of piperidine rings is 1. The van der Waals surface area contributed by atoms with Crippen LogP contribution in [0.5, 0.6) is 6.01 Å². The molecule has 1 unspecified atom stereocenters. The summed E-state index contributed by atoms with van der Waals surface area (Å²) in [6, 6.07) is 0.239. The highest BCUT2D eigenvalue weighted by molar-refractivity contribution is 5.81. The van der Waals surface area contributed by atoms with Gasteiger partial charge in [0.15, 0.2) is 11.5 Å². The molecule has 0 radical (unpaired) electrons. The van der Waals surface area contributed by atoms with Crippen molar-refractivity contribution in [2.45, 2.75) is 71.4 Å². The highest BCUT2D eigenvalue weighted by Gasteiger charge is 2.16. The Balaban J connectivity index is 1.67. The molecule has 8 heteroatoms. The minimum atomic E-state index is -0.188. The molecule has 27 heavy (non-hydrogen) atoms. The lowest BCUT2D eigenvalue weighted by Gasteiger charge is -2.22. The van der Waals surface area contributed by atoms with E-state index in [1.807, 2.05) is 6.92 Å². The zero-order valence-corrected chi connectivity index (χ0v) is 16.5. The Bertz CT molecular complexity index is 793. The molecule has 1 saturated heterocycles. The van der Waals surface area contributed by atoms with Crippen LogP contribution in [0.1, 0.15) is 58.8 Å². The van der Waals surface area contributed by atoms with Crippen LogP contribution in [0.2, 0.25) is 0 Å². The molecule has 0 aromatic carbocycles. The summed E-state index contributed by atoms with van der Waals surface area (Å²) in [4.78, 5) is 23.8. The number of nitrogen functional groups attached to an aromatic ring is 1. The summed E-state index contributed by atoms with van der Waals surface area (Å²) in [5, 5.41) is 3.40. The number of aromatic amines is 1. The highest BCUT2D eigenvalue weighted by atomic mass is 16.5. The number of ether oxygens (including phenoxy) is 1. The number of unbranched alkanes of at least 4 members (excludes halogenated alkanes) is 1.